The Bertz CT molecular complexity index is 766. The van der Waals surface area contributed by atoms with Gasteiger partial charge in [-0.15, -0.1) is 0 Å². The second-order valence-corrected chi connectivity index (χ2v) is 6.43. The van der Waals surface area contributed by atoms with E-state index in [-0.39, 0.29) is 17.4 Å². The van der Waals surface area contributed by atoms with Crippen LogP contribution in [0.15, 0.2) is 46.9 Å². The Morgan fingerprint density at radius 3 is 2.75 bits per heavy atom. The van der Waals surface area contributed by atoms with E-state index in [1.807, 2.05) is 6.07 Å². The molecule has 24 heavy (non-hydrogen) atoms. The molecule has 5 nitrogen and oxygen atoms in total. The van der Waals surface area contributed by atoms with Gasteiger partial charge in [-0.1, -0.05) is 39.7 Å². The van der Waals surface area contributed by atoms with E-state index in [9.17, 15) is 14.7 Å². The number of hydrogen-bond donors (Lipinski definition) is 2. The van der Waals surface area contributed by atoms with Gasteiger partial charge in [0.2, 0.25) is 0 Å². The predicted molar refractivity (Wildman–Crippen MR) is 94.1 cm³/mol. The molecule has 126 valence electrons. The summed E-state index contributed by atoms with van der Waals surface area (Å²) in [5, 5.41) is 12.9. The van der Waals surface area contributed by atoms with Crippen LogP contribution >= 0.6 is 27.5 Å². The lowest BCUT2D eigenvalue weighted by Gasteiger charge is -2.14. The zero-order valence-electron chi connectivity index (χ0n) is 12.8. The molecule has 0 unspecified atom stereocenters. The van der Waals surface area contributed by atoms with Crippen LogP contribution in [0.1, 0.15) is 28.9 Å². The normalized spacial score (nSPS) is 11.6. The number of aromatic hydroxyl groups is 1. The molecule has 0 spiro atoms. The summed E-state index contributed by atoms with van der Waals surface area (Å²) in [5.41, 5.74) is 0.826. The van der Waals surface area contributed by atoms with Crippen molar-refractivity contribution in [2.75, 3.05) is 6.61 Å². The van der Waals surface area contributed by atoms with Gasteiger partial charge in [-0.05, 0) is 42.8 Å². The molecule has 2 aromatic carbocycles. The molecule has 7 heteroatoms. The maximum absolute atomic E-state index is 11.9. The molecule has 2 rings (SSSR count). The molecule has 0 heterocycles. The van der Waals surface area contributed by atoms with Crippen LogP contribution < -0.4 is 5.32 Å². The van der Waals surface area contributed by atoms with E-state index in [0.717, 1.165) is 5.56 Å². The second-order valence-electron chi connectivity index (χ2n) is 5.08. The fourth-order valence-corrected chi connectivity index (χ4v) is 2.58. The highest BCUT2D eigenvalue weighted by Gasteiger charge is 2.16. The molecule has 0 radical (unpaired) electrons. The van der Waals surface area contributed by atoms with E-state index in [0.29, 0.717) is 9.50 Å². The van der Waals surface area contributed by atoms with Crippen molar-refractivity contribution in [2.45, 2.75) is 13.0 Å². The smallest absolute Gasteiger partial charge is 0.342 e. The lowest BCUT2D eigenvalue weighted by molar-refractivity contribution is -0.124. The van der Waals surface area contributed by atoms with E-state index in [4.69, 9.17) is 16.3 Å². The number of phenolic OH excluding ortho intramolecular Hbond substituents is 1. The van der Waals surface area contributed by atoms with Gasteiger partial charge < -0.3 is 15.2 Å². The highest BCUT2D eigenvalue weighted by Crippen LogP contribution is 2.22. The third-order valence-corrected chi connectivity index (χ3v) is 3.97. The third kappa shape index (κ3) is 4.97. The number of ether oxygens (including phenoxy) is 1. The quantitative estimate of drug-likeness (QED) is 0.732. The molecular weight excluding hydrogens is 398 g/mol. The number of esters is 1. The Hall–Kier alpha value is -2.05. The molecule has 0 aliphatic heterocycles. The molecule has 0 fully saturated rings. The van der Waals surface area contributed by atoms with Crippen LogP contribution in [0.4, 0.5) is 0 Å². The van der Waals surface area contributed by atoms with Crippen LogP contribution in [0, 0.1) is 0 Å². The molecule has 0 aromatic heterocycles. The summed E-state index contributed by atoms with van der Waals surface area (Å²) >= 11 is 9.11. The zero-order chi connectivity index (χ0) is 17.7. The molecule has 0 aliphatic carbocycles. The predicted octanol–water partition coefficient (Wildman–Crippen LogP) is 3.84. The minimum Gasteiger partial charge on any atom is -0.507 e. The number of nitrogens with one attached hydrogen (secondary N) is 1. The molecule has 0 saturated heterocycles. The van der Waals surface area contributed by atoms with E-state index in [2.05, 4.69) is 21.2 Å². The Labute approximate surface area is 152 Å². The van der Waals surface area contributed by atoms with E-state index >= 15 is 0 Å². The Balaban J connectivity index is 1.91. The Kier molecular flexibility index (Phi) is 6.23. The average Bonchev–Trinajstić information content (AvgIpc) is 2.54. The van der Waals surface area contributed by atoms with Gasteiger partial charge in [-0.25, -0.2) is 4.79 Å². The van der Waals surface area contributed by atoms with Gasteiger partial charge >= 0.3 is 5.97 Å². The molecular formula is C17H15BrClNO4. The maximum Gasteiger partial charge on any atom is 0.342 e. The number of amides is 1. The fraction of sp³-hybridized carbons (Fsp3) is 0.176. The molecule has 2 N–H and O–H groups in total. The van der Waals surface area contributed by atoms with Crippen LogP contribution in [0.3, 0.4) is 0 Å². The van der Waals surface area contributed by atoms with Crippen molar-refractivity contribution in [3.8, 4) is 5.75 Å². The summed E-state index contributed by atoms with van der Waals surface area (Å²) in [6.07, 6.45) is 0. The molecule has 0 aliphatic rings. The van der Waals surface area contributed by atoms with Gasteiger partial charge in [-0.3, -0.25) is 4.79 Å². The van der Waals surface area contributed by atoms with Crippen molar-refractivity contribution in [3.05, 3.63) is 63.1 Å². The molecule has 0 saturated carbocycles. The summed E-state index contributed by atoms with van der Waals surface area (Å²) in [6.45, 7) is 1.35. The van der Waals surface area contributed by atoms with Crippen molar-refractivity contribution in [1.29, 1.82) is 0 Å². The minimum absolute atomic E-state index is 0.0138. The largest absolute Gasteiger partial charge is 0.507 e. The van der Waals surface area contributed by atoms with E-state index in [1.165, 1.54) is 12.1 Å². The number of carbonyl (C=O) groups is 2. The van der Waals surface area contributed by atoms with Crippen LogP contribution in [0.25, 0.3) is 0 Å². The van der Waals surface area contributed by atoms with Crippen LogP contribution in [0.2, 0.25) is 5.02 Å². The van der Waals surface area contributed by atoms with E-state index in [1.54, 1.807) is 31.2 Å². The topological polar surface area (TPSA) is 75.6 Å². The van der Waals surface area contributed by atoms with Crippen molar-refractivity contribution >= 4 is 39.4 Å². The summed E-state index contributed by atoms with van der Waals surface area (Å²) in [5.74, 6) is -1.44. The monoisotopic (exact) mass is 411 g/mol. The lowest BCUT2D eigenvalue weighted by Crippen LogP contribution is -2.31. The fourth-order valence-electron chi connectivity index (χ4n) is 2.02. The zero-order valence-corrected chi connectivity index (χ0v) is 15.1. The first-order valence-electron chi connectivity index (χ1n) is 7.07. The number of benzene rings is 2. The Morgan fingerprint density at radius 2 is 2.04 bits per heavy atom. The first-order valence-corrected chi connectivity index (χ1v) is 8.24. The minimum atomic E-state index is -0.778. The summed E-state index contributed by atoms with van der Waals surface area (Å²) in [6, 6.07) is 11.2. The van der Waals surface area contributed by atoms with Crippen molar-refractivity contribution in [3.63, 3.8) is 0 Å². The number of phenols is 1. The van der Waals surface area contributed by atoms with E-state index < -0.39 is 18.5 Å². The first-order chi connectivity index (χ1) is 11.4. The average molecular weight is 413 g/mol. The summed E-state index contributed by atoms with van der Waals surface area (Å²) in [7, 11) is 0. The van der Waals surface area contributed by atoms with Gasteiger partial charge in [0.25, 0.3) is 5.91 Å². The van der Waals surface area contributed by atoms with Gasteiger partial charge in [0.15, 0.2) is 6.61 Å². The summed E-state index contributed by atoms with van der Waals surface area (Å²) in [4.78, 5) is 23.8. The standard InChI is InChI=1S/C17H15BrClNO4/c1-10(11-3-2-4-13(19)7-11)20-16(22)9-24-17(23)14-8-12(18)5-6-15(14)21/h2-8,10,21H,9H2,1H3,(H,20,22)/t10-/m1/s1. The van der Waals surface area contributed by atoms with Crippen LogP contribution in [-0.4, -0.2) is 23.6 Å². The first kappa shape index (κ1) is 18.3. The van der Waals surface area contributed by atoms with Crippen LogP contribution in [-0.2, 0) is 9.53 Å². The maximum atomic E-state index is 11.9. The SMILES string of the molecule is C[C@@H](NC(=O)COC(=O)c1cc(Br)ccc1O)c1cccc(Cl)c1. The van der Waals surface area contributed by atoms with Gasteiger partial charge in [0.1, 0.15) is 11.3 Å². The molecule has 2 aromatic rings. The number of rotatable bonds is 5. The number of halogens is 2. The highest BCUT2D eigenvalue weighted by molar-refractivity contribution is 9.10. The third-order valence-electron chi connectivity index (χ3n) is 3.24. The van der Waals surface area contributed by atoms with Crippen molar-refractivity contribution in [1.82, 2.24) is 5.32 Å². The highest BCUT2D eigenvalue weighted by atomic mass is 79.9. The second kappa shape index (κ2) is 8.17. The summed E-state index contributed by atoms with van der Waals surface area (Å²) < 4.78 is 5.55. The van der Waals surface area contributed by atoms with Crippen molar-refractivity contribution < 1.29 is 19.4 Å². The number of hydrogen-bond acceptors (Lipinski definition) is 4. The molecule has 1 amide bonds. The lowest BCUT2D eigenvalue weighted by atomic mass is 10.1. The van der Waals surface area contributed by atoms with Crippen LogP contribution in [0.5, 0.6) is 5.75 Å². The Morgan fingerprint density at radius 1 is 1.29 bits per heavy atom. The van der Waals surface area contributed by atoms with Gasteiger partial charge in [0.05, 0.1) is 6.04 Å². The van der Waals surface area contributed by atoms with Crippen molar-refractivity contribution in [2.24, 2.45) is 0 Å². The molecule has 0 bridgehead atoms. The van der Waals surface area contributed by atoms with Gasteiger partial charge in [0, 0.05) is 9.50 Å². The van der Waals surface area contributed by atoms with Gasteiger partial charge in [-0.2, -0.15) is 0 Å². The number of carbonyl (C=O) groups excluding carboxylic acids is 2. The molecule has 1 atom stereocenters.